The van der Waals surface area contributed by atoms with Gasteiger partial charge in [0, 0.05) is 21.4 Å². The predicted octanol–water partition coefficient (Wildman–Crippen LogP) is 4.85. The van der Waals surface area contributed by atoms with E-state index in [1.807, 2.05) is 43.3 Å². The zero-order valence-corrected chi connectivity index (χ0v) is 14.1. The molecule has 0 unspecified atom stereocenters. The summed E-state index contributed by atoms with van der Waals surface area (Å²) >= 11 is 3.39. The van der Waals surface area contributed by atoms with Crippen LogP contribution >= 0.6 is 15.9 Å². The van der Waals surface area contributed by atoms with Gasteiger partial charge in [-0.1, -0.05) is 34.1 Å². The average Bonchev–Trinajstić information content (AvgIpc) is 3.02. The molecule has 0 aliphatic carbocycles. The first kappa shape index (κ1) is 15.4. The number of carbonyl (C=O) groups is 1. The van der Waals surface area contributed by atoms with Crippen LogP contribution in [0.1, 0.15) is 16.1 Å². The second-order valence-electron chi connectivity index (χ2n) is 5.20. The minimum absolute atomic E-state index is 0.252. The SMILES string of the molecule is Cc1ccc(NC(=O)c2ccc(-c3ccc(Br)cc3)o2)cc1N. The summed E-state index contributed by atoms with van der Waals surface area (Å²) in [5, 5.41) is 2.78. The number of aryl methyl sites for hydroxylation is 1. The molecule has 3 N–H and O–H groups in total. The molecule has 0 aliphatic rings. The van der Waals surface area contributed by atoms with Crippen LogP contribution in [-0.4, -0.2) is 5.91 Å². The molecule has 4 nitrogen and oxygen atoms in total. The Balaban J connectivity index is 1.78. The quantitative estimate of drug-likeness (QED) is 0.647. The second-order valence-corrected chi connectivity index (χ2v) is 6.11. The highest BCUT2D eigenvalue weighted by molar-refractivity contribution is 9.10. The van der Waals surface area contributed by atoms with Crippen molar-refractivity contribution in [2.75, 3.05) is 11.1 Å². The predicted molar refractivity (Wildman–Crippen MR) is 95.4 cm³/mol. The van der Waals surface area contributed by atoms with Gasteiger partial charge in [-0.15, -0.1) is 0 Å². The lowest BCUT2D eigenvalue weighted by Crippen LogP contribution is -2.11. The van der Waals surface area contributed by atoms with E-state index in [2.05, 4.69) is 21.2 Å². The molecule has 1 amide bonds. The molecule has 116 valence electrons. The highest BCUT2D eigenvalue weighted by Crippen LogP contribution is 2.25. The molecular formula is C18H15BrN2O2. The Labute approximate surface area is 142 Å². The normalized spacial score (nSPS) is 10.5. The van der Waals surface area contributed by atoms with E-state index >= 15 is 0 Å². The highest BCUT2D eigenvalue weighted by atomic mass is 79.9. The molecule has 1 heterocycles. The summed E-state index contributed by atoms with van der Waals surface area (Å²) in [5.74, 6) is 0.588. The van der Waals surface area contributed by atoms with E-state index in [4.69, 9.17) is 10.2 Å². The van der Waals surface area contributed by atoms with Crippen LogP contribution in [-0.2, 0) is 0 Å². The third-order valence-corrected chi connectivity index (χ3v) is 4.02. The molecule has 23 heavy (non-hydrogen) atoms. The molecule has 0 bridgehead atoms. The van der Waals surface area contributed by atoms with Crippen LogP contribution in [0.25, 0.3) is 11.3 Å². The van der Waals surface area contributed by atoms with Crippen LogP contribution in [0.15, 0.2) is 63.5 Å². The van der Waals surface area contributed by atoms with Gasteiger partial charge in [0.1, 0.15) is 5.76 Å². The molecule has 0 aliphatic heterocycles. The van der Waals surface area contributed by atoms with E-state index in [1.165, 1.54) is 0 Å². The van der Waals surface area contributed by atoms with E-state index in [9.17, 15) is 4.79 Å². The van der Waals surface area contributed by atoms with Crippen LogP contribution in [0.5, 0.6) is 0 Å². The van der Waals surface area contributed by atoms with Crippen molar-refractivity contribution in [3.8, 4) is 11.3 Å². The first-order valence-electron chi connectivity index (χ1n) is 7.06. The number of nitrogens with one attached hydrogen (secondary N) is 1. The zero-order valence-electron chi connectivity index (χ0n) is 12.5. The van der Waals surface area contributed by atoms with Crippen LogP contribution in [0.4, 0.5) is 11.4 Å². The van der Waals surface area contributed by atoms with Gasteiger partial charge in [-0.25, -0.2) is 0 Å². The Kier molecular flexibility index (Phi) is 4.21. The molecule has 0 fully saturated rings. The van der Waals surface area contributed by atoms with Gasteiger partial charge in [0.15, 0.2) is 5.76 Å². The molecule has 3 rings (SSSR count). The van der Waals surface area contributed by atoms with Crippen molar-refractivity contribution in [2.45, 2.75) is 6.92 Å². The minimum atomic E-state index is -0.309. The van der Waals surface area contributed by atoms with Crippen molar-refractivity contribution < 1.29 is 9.21 Å². The van der Waals surface area contributed by atoms with Crippen molar-refractivity contribution >= 4 is 33.2 Å². The molecule has 0 atom stereocenters. The second kappa shape index (κ2) is 6.30. The molecule has 2 aromatic carbocycles. The summed E-state index contributed by atoms with van der Waals surface area (Å²) in [6, 6.07) is 16.5. The van der Waals surface area contributed by atoms with Crippen LogP contribution < -0.4 is 11.1 Å². The highest BCUT2D eigenvalue weighted by Gasteiger charge is 2.13. The number of nitrogens with two attached hydrogens (primary N) is 1. The summed E-state index contributed by atoms with van der Waals surface area (Å²) in [6.07, 6.45) is 0. The number of carbonyl (C=O) groups excluding carboxylic acids is 1. The van der Waals surface area contributed by atoms with Gasteiger partial charge in [0.05, 0.1) is 0 Å². The van der Waals surface area contributed by atoms with Gasteiger partial charge >= 0.3 is 0 Å². The standard InChI is InChI=1S/C18H15BrN2O2/c1-11-2-7-14(10-15(11)20)21-18(22)17-9-8-16(23-17)12-3-5-13(19)6-4-12/h2-10H,20H2,1H3,(H,21,22). The van der Waals surface area contributed by atoms with Crippen molar-refractivity contribution in [3.05, 3.63) is 70.4 Å². The summed E-state index contributed by atoms with van der Waals surface area (Å²) < 4.78 is 6.63. The maximum atomic E-state index is 12.3. The fourth-order valence-corrected chi connectivity index (χ4v) is 2.40. The number of furan rings is 1. The molecular weight excluding hydrogens is 356 g/mol. The fraction of sp³-hybridized carbons (Fsp3) is 0.0556. The lowest BCUT2D eigenvalue weighted by atomic mass is 10.2. The molecule has 0 radical (unpaired) electrons. The first-order chi connectivity index (χ1) is 11.0. The first-order valence-corrected chi connectivity index (χ1v) is 7.85. The topological polar surface area (TPSA) is 68.3 Å². The molecule has 1 aromatic heterocycles. The monoisotopic (exact) mass is 370 g/mol. The largest absolute Gasteiger partial charge is 0.451 e. The van der Waals surface area contributed by atoms with Gasteiger partial charge in [0.2, 0.25) is 0 Å². The summed E-state index contributed by atoms with van der Waals surface area (Å²) in [7, 11) is 0. The van der Waals surface area contributed by atoms with Crippen molar-refractivity contribution in [1.29, 1.82) is 0 Å². The summed E-state index contributed by atoms with van der Waals surface area (Å²) in [4.78, 5) is 12.3. The van der Waals surface area contributed by atoms with Gasteiger partial charge in [-0.2, -0.15) is 0 Å². The van der Waals surface area contributed by atoms with E-state index in [1.54, 1.807) is 18.2 Å². The average molecular weight is 371 g/mol. The van der Waals surface area contributed by atoms with E-state index in [-0.39, 0.29) is 11.7 Å². The molecule has 0 saturated carbocycles. The van der Waals surface area contributed by atoms with Gasteiger partial charge < -0.3 is 15.5 Å². The Morgan fingerprint density at radius 3 is 2.52 bits per heavy atom. The Hall–Kier alpha value is -2.53. The van der Waals surface area contributed by atoms with Gasteiger partial charge in [-0.05, 0) is 48.9 Å². The lowest BCUT2D eigenvalue weighted by Gasteiger charge is -2.06. The Morgan fingerprint density at radius 1 is 1.09 bits per heavy atom. The van der Waals surface area contributed by atoms with Crippen LogP contribution in [0.2, 0.25) is 0 Å². The van der Waals surface area contributed by atoms with Crippen molar-refractivity contribution in [2.24, 2.45) is 0 Å². The maximum absolute atomic E-state index is 12.3. The third kappa shape index (κ3) is 3.46. The fourth-order valence-electron chi connectivity index (χ4n) is 2.14. The Bertz CT molecular complexity index is 854. The molecule has 5 heteroatoms. The smallest absolute Gasteiger partial charge is 0.291 e. The number of nitrogen functional groups attached to an aromatic ring is 1. The van der Waals surface area contributed by atoms with Crippen molar-refractivity contribution in [1.82, 2.24) is 0 Å². The van der Waals surface area contributed by atoms with Crippen molar-refractivity contribution in [3.63, 3.8) is 0 Å². The maximum Gasteiger partial charge on any atom is 0.291 e. The van der Waals surface area contributed by atoms with E-state index in [0.29, 0.717) is 17.1 Å². The molecule has 0 spiro atoms. The van der Waals surface area contributed by atoms with E-state index < -0.39 is 0 Å². The molecule has 3 aromatic rings. The number of amides is 1. The van der Waals surface area contributed by atoms with E-state index in [0.717, 1.165) is 15.6 Å². The van der Waals surface area contributed by atoms with Crippen LogP contribution in [0.3, 0.4) is 0 Å². The number of anilines is 2. The third-order valence-electron chi connectivity index (χ3n) is 3.50. The number of hydrogen-bond donors (Lipinski definition) is 2. The van der Waals surface area contributed by atoms with Gasteiger partial charge in [0.25, 0.3) is 5.91 Å². The minimum Gasteiger partial charge on any atom is -0.451 e. The Morgan fingerprint density at radius 2 is 1.83 bits per heavy atom. The summed E-state index contributed by atoms with van der Waals surface area (Å²) in [5.41, 5.74) is 9.00. The van der Waals surface area contributed by atoms with Gasteiger partial charge in [-0.3, -0.25) is 4.79 Å². The number of halogens is 1. The zero-order chi connectivity index (χ0) is 16.4. The molecule has 0 saturated heterocycles. The number of hydrogen-bond acceptors (Lipinski definition) is 3. The number of benzene rings is 2. The number of rotatable bonds is 3. The van der Waals surface area contributed by atoms with Crippen LogP contribution in [0, 0.1) is 6.92 Å². The summed E-state index contributed by atoms with van der Waals surface area (Å²) in [6.45, 7) is 1.91. The lowest BCUT2D eigenvalue weighted by molar-refractivity contribution is 0.0997.